The number of ether oxygens (including phenoxy) is 1. The molecular formula is C11H15N3O4. The Labute approximate surface area is 104 Å². The Morgan fingerprint density at radius 2 is 2.22 bits per heavy atom. The quantitative estimate of drug-likeness (QED) is 0.798. The fourth-order valence-electron chi connectivity index (χ4n) is 1.92. The van der Waals surface area contributed by atoms with Gasteiger partial charge in [-0.3, -0.25) is 4.79 Å². The first-order valence-electron chi connectivity index (χ1n) is 5.53. The number of carboxylic acid groups (broad SMARTS) is 1. The molecule has 1 aromatic heterocycles. The van der Waals surface area contributed by atoms with Crippen LogP contribution < -0.4 is 0 Å². The highest BCUT2D eigenvalue weighted by molar-refractivity contribution is 5.92. The number of rotatable bonds is 4. The van der Waals surface area contributed by atoms with E-state index in [0.29, 0.717) is 18.8 Å². The molecular weight excluding hydrogens is 238 g/mol. The zero-order chi connectivity index (χ0) is 13.3. The van der Waals surface area contributed by atoms with Crippen LogP contribution >= 0.6 is 0 Å². The van der Waals surface area contributed by atoms with Crippen molar-refractivity contribution < 1.29 is 19.4 Å². The van der Waals surface area contributed by atoms with Gasteiger partial charge in [0.25, 0.3) is 5.91 Å². The van der Waals surface area contributed by atoms with Gasteiger partial charge in [-0.1, -0.05) is 0 Å². The van der Waals surface area contributed by atoms with Crippen LogP contribution in [0.3, 0.4) is 0 Å². The molecule has 7 heteroatoms. The van der Waals surface area contributed by atoms with Gasteiger partial charge in [0.05, 0.1) is 19.4 Å². The number of aliphatic carboxylic acids is 1. The lowest BCUT2D eigenvalue weighted by Crippen LogP contribution is -2.63. The van der Waals surface area contributed by atoms with Crippen LogP contribution in [-0.4, -0.2) is 56.7 Å². The van der Waals surface area contributed by atoms with Crippen LogP contribution in [0.25, 0.3) is 0 Å². The predicted molar refractivity (Wildman–Crippen MR) is 61.1 cm³/mol. The lowest BCUT2D eigenvalue weighted by atomic mass is 9.96. The second kappa shape index (κ2) is 4.41. The van der Waals surface area contributed by atoms with Crippen LogP contribution in [-0.2, 0) is 16.6 Å². The number of likely N-dealkylation sites (tertiary alicyclic amines) is 1. The van der Waals surface area contributed by atoms with Gasteiger partial charge in [0.2, 0.25) is 0 Å². The fraction of sp³-hybridized carbons (Fsp3) is 0.545. The summed E-state index contributed by atoms with van der Waals surface area (Å²) < 4.78 is 6.93. The fourth-order valence-corrected chi connectivity index (χ4v) is 1.92. The molecule has 1 saturated heterocycles. The molecule has 0 atom stereocenters. The monoisotopic (exact) mass is 253 g/mol. The average Bonchev–Trinajstić information content (AvgIpc) is 2.68. The van der Waals surface area contributed by atoms with Gasteiger partial charge in [-0.05, 0) is 6.92 Å². The molecule has 1 aliphatic rings. The van der Waals surface area contributed by atoms with Crippen molar-refractivity contribution in [2.75, 3.05) is 19.7 Å². The van der Waals surface area contributed by atoms with Gasteiger partial charge >= 0.3 is 5.97 Å². The highest BCUT2D eigenvalue weighted by atomic mass is 16.5. The molecule has 18 heavy (non-hydrogen) atoms. The number of hydrogen-bond donors (Lipinski definition) is 1. The maximum atomic E-state index is 11.9. The van der Waals surface area contributed by atoms with Crippen molar-refractivity contribution in [1.29, 1.82) is 0 Å². The molecule has 1 aromatic rings. The maximum Gasteiger partial charge on any atom is 0.329 e. The number of amides is 1. The van der Waals surface area contributed by atoms with Crippen molar-refractivity contribution in [1.82, 2.24) is 14.5 Å². The minimum atomic E-state index is -1.01. The summed E-state index contributed by atoms with van der Waals surface area (Å²) in [4.78, 5) is 27.9. The summed E-state index contributed by atoms with van der Waals surface area (Å²) >= 11 is 0. The van der Waals surface area contributed by atoms with E-state index in [0.717, 1.165) is 0 Å². The Bertz CT molecular complexity index is 476. The van der Waals surface area contributed by atoms with Gasteiger partial charge in [-0.15, -0.1) is 0 Å². The second-order valence-electron chi connectivity index (χ2n) is 4.72. The summed E-state index contributed by atoms with van der Waals surface area (Å²) in [7, 11) is 1.79. The first kappa shape index (κ1) is 12.6. The molecule has 1 aliphatic heterocycles. The van der Waals surface area contributed by atoms with Gasteiger partial charge in [0, 0.05) is 13.2 Å². The third-order valence-corrected chi connectivity index (χ3v) is 2.81. The maximum absolute atomic E-state index is 11.9. The lowest BCUT2D eigenvalue weighted by Gasteiger charge is -2.46. The minimum Gasteiger partial charge on any atom is -0.480 e. The molecule has 0 aliphatic carbocycles. The molecule has 1 amide bonds. The van der Waals surface area contributed by atoms with Gasteiger partial charge in [-0.25, -0.2) is 9.78 Å². The van der Waals surface area contributed by atoms with Gasteiger partial charge in [0.15, 0.2) is 0 Å². The number of aromatic nitrogens is 2. The largest absolute Gasteiger partial charge is 0.480 e. The summed E-state index contributed by atoms with van der Waals surface area (Å²) in [5, 5.41) is 8.53. The van der Waals surface area contributed by atoms with Gasteiger partial charge < -0.3 is 19.3 Å². The van der Waals surface area contributed by atoms with Crippen molar-refractivity contribution in [3.8, 4) is 0 Å². The van der Waals surface area contributed by atoms with E-state index < -0.39 is 11.6 Å². The lowest BCUT2D eigenvalue weighted by molar-refractivity contribution is -0.159. The molecule has 7 nitrogen and oxygen atoms in total. The van der Waals surface area contributed by atoms with Crippen molar-refractivity contribution in [2.45, 2.75) is 12.5 Å². The third kappa shape index (κ3) is 2.51. The Kier molecular flexibility index (Phi) is 3.08. The zero-order valence-electron chi connectivity index (χ0n) is 10.3. The Morgan fingerprint density at radius 1 is 1.56 bits per heavy atom. The molecule has 0 saturated carbocycles. The predicted octanol–water partition coefficient (Wildman–Crippen LogP) is -0.264. The number of hydrogen-bond acceptors (Lipinski definition) is 4. The highest BCUT2D eigenvalue weighted by Crippen LogP contribution is 2.25. The molecule has 2 heterocycles. The Balaban J connectivity index is 1.88. The second-order valence-corrected chi connectivity index (χ2v) is 4.72. The van der Waals surface area contributed by atoms with Crippen LogP contribution in [0.15, 0.2) is 12.5 Å². The summed E-state index contributed by atoms with van der Waals surface area (Å²) in [6.07, 6.45) is 3.21. The third-order valence-electron chi connectivity index (χ3n) is 2.81. The Hall–Kier alpha value is -1.89. The number of carboxylic acids is 1. The van der Waals surface area contributed by atoms with Gasteiger partial charge in [0.1, 0.15) is 17.9 Å². The summed E-state index contributed by atoms with van der Waals surface area (Å²) in [6.45, 7) is 2.21. The van der Waals surface area contributed by atoms with Crippen LogP contribution in [0.2, 0.25) is 0 Å². The van der Waals surface area contributed by atoms with Crippen molar-refractivity contribution in [3.05, 3.63) is 18.2 Å². The van der Waals surface area contributed by atoms with E-state index >= 15 is 0 Å². The Morgan fingerprint density at radius 3 is 2.72 bits per heavy atom. The van der Waals surface area contributed by atoms with E-state index in [4.69, 9.17) is 9.84 Å². The van der Waals surface area contributed by atoms with Crippen LogP contribution in [0.5, 0.6) is 0 Å². The first-order chi connectivity index (χ1) is 8.39. The van der Waals surface area contributed by atoms with E-state index in [2.05, 4.69) is 4.98 Å². The molecule has 0 unspecified atom stereocenters. The number of nitrogens with zero attached hydrogens (tertiary/aromatic N) is 3. The number of imidazole rings is 1. The molecule has 0 radical (unpaired) electrons. The topological polar surface area (TPSA) is 84.7 Å². The van der Waals surface area contributed by atoms with E-state index in [-0.39, 0.29) is 12.5 Å². The minimum absolute atomic E-state index is 0.160. The first-order valence-corrected chi connectivity index (χ1v) is 5.53. The number of carbonyl (C=O) groups is 2. The van der Waals surface area contributed by atoms with Crippen molar-refractivity contribution in [3.63, 3.8) is 0 Å². The smallest absolute Gasteiger partial charge is 0.329 e. The molecule has 0 spiro atoms. The average molecular weight is 253 g/mol. The normalized spacial score (nSPS) is 17.3. The van der Waals surface area contributed by atoms with Crippen molar-refractivity contribution >= 4 is 11.9 Å². The molecule has 0 aromatic carbocycles. The van der Waals surface area contributed by atoms with E-state index in [1.165, 1.54) is 0 Å². The van der Waals surface area contributed by atoms with E-state index in [9.17, 15) is 9.59 Å². The van der Waals surface area contributed by atoms with Crippen LogP contribution in [0.1, 0.15) is 17.4 Å². The zero-order valence-corrected chi connectivity index (χ0v) is 10.3. The van der Waals surface area contributed by atoms with Crippen LogP contribution in [0, 0.1) is 0 Å². The van der Waals surface area contributed by atoms with Gasteiger partial charge in [-0.2, -0.15) is 0 Å². The molecule has 1 fully saturated rings. The standard InChI is InChI=1S/C11H15N3O4/c1-11(18-4-9(15)16)5-14(6-11)10(17)8-3-13(2)7-12-8/h3,7H,4-6H2,1-2H3,(H,15,16). The van der Waals surface area contributed by atoms with Crippen molar-refractivity contribution in [2.24, 2.45) is 7.05 Å². The summed E-state index contributed by atoms with van der Waals surface area (Å²) in [5.74, 6) is -1.17. The van der Waals surface area contributed by atoms with E-state index in [1.54, 1.807) is 36.0 Å². The molecule has 2 rings (SSSR count). The van der Waals surface area contributed by atoms with Crippen LogP contribution in [0.4, 0.5) is 0 Å². The summed E-state index contributed by atoms with van der Waals surface area (Å²) in [5.41, 5.74) is -0.180. The summed E-state index contributed by atoms with van der Waals surface area (Å²) in [6, 6.07) is 0. The molecule has 98 valence electrons. The van der Waals surface area contributed by atoms with E-state index in [1.807, 2.05) is 0 Å². The molecule has 0 bridgehead atoms. The number of aryl methyl sites for hydroxylation is 1. The number of carbonyl (C=O) groups excluding carboxylic acids is 1. The molecule has 1 N–H and O–H groups in total. The SMILES string of the molecule is Cn1cnc(C(=O)N2CC(C)(OCC(=O)O)C2)c1. The highest BCUT2D eigenvalue weighted by Gasteiger charge is 2.43.